The molecule has 3 fully saturated rings. The van der Waals surface area contributed by atoms with Crippen LogP contribution in [-0.4, -0.2) is 80.1 Å². The second-order valence-electron chi connectivity index (χ2n) is 12.4. The Morgan fingerprint density at radius 1 is 1.05 bits per heavy atom. The largest absolute Gasteiger partial charge is 0.505 e. The number of piperidine rings is 1. The van der Waals surface area contributed by atoms with Gasteiger partial charge in [0, 0.05) is 43.9 Å². The van der Waals surface area contributed by atoms with Crippen LogP contribution in [0.15, 0.2) is 42.5 Å². The smallest absolute Gasteiger partial charge is 0.235 e. The van der Waals surface area contributed by atoms with Crippen molar-refractivity contribution in [1.82, 2.24) is 4.90 Å². The summed E-state index contributed by atoms with van der Waals surface area (Å²) in [6.07, 6.45) is -0.584. The fraction of sp³-hybridized carbons (Fsp3) is 0.469. The maximum absolute atomic E-state index is 13.9. The van der Waals surface area contributed by atoms with Crippen molar-refractivity contribution in [2.75, 3.05) is 18.4 Å². The summed E-state index contributed by atoms with van der Waals surface area (Å²) in [6, 6.07) is 13.6. The molecule has 2 saturated carbocycles. The van der Waals surface area contributed by atoms with Crippen LogP contribution in [0.2, 0.25) is 0 Å². The summed E-state index contributed by atoms with van der Waals surface area (Å²) in [6.45, 7) is 4.22. The van der Waals surface area contributed by atoms with Gasteiger partial charge < -0.3 is 26.4 Å². The van der Waals surface area contributed by atoms with Crippen LogP contribution < -0.4 is 11.1 Å². The van der Waals surface area contributed by atoms with E-state index in [2.05, 4.69) is 22.3 Å². The number of nitrogens with two attached hydrogens (primary N) is 1. The number of Topliss-reactive ketones (excluding diaryl/α,β-unsaturated/α-hetero) is 4. The van der Waals surface area contributed by atoms with Gasteiger partial charge in [0.15, 0.2) is 34.7 Å². The van der Waals surface area contributed by atoms with Gasteiger partial charge in [-0.2, -0.15) is 0 Å². The van der Waals surface area contributed by atoms with Crippen LogP contribution in [0.3, 0.4) is 0 Å². The Balaban J connectivity index is 1.25. The Labute approximate surface area is 248 Å². The minimum atomic E-state index is -2.93. The van der Waals surface area contributed by atoms with Crippen molar-refractivity contribution in [3.8, 4) is 5.75 Å². The second kappa shape index (κ2) is 10.7. The number of nitrogens with one attached hydrogen (secondary N) is 1. The number of aliphatic hydroxyl groups excluding tert-OH is 1. The maximum Gasteiger partial charge on any atom is 0.235 e. The highest BCUT2D eigenvalue weighted by Crippen LogP contribution is 2.54. The number of amides is 1. The van der Waals surface area contributed by atoms with Crippen LogP contribution in [0.1, 0.15) is 53.6 Å². The molecular weight excluding hydrogens is 554 g/mol. The first-order valence-corrected chi connectivity index (χ1v) is 14.7. The van der Waals surface area contributed by atoms with Gasteiger partial charge in [0.05, 0.1) is 23.3 Å². The number of nitrogens with zero attached hydrogens (tertiary/aromatic N) is 1. The van der Waals surface area contributed by atoms with Gasteiger partial charge in [0.1, 0.15) is 5.75 Å². The van der Waals surface area contributed by atoms with Crippen LogP contribution in [-0.2, 0) is 25.7 Å². The molecule has 1 amide bonds. The van der Waals surface area contributed by atoms with Crippen molar-refractivity contribution < 1.29 is 39.3 Å². The first-order valence-electron chi connectivity index (χ1n) is 14.7. The van der Waals surface area contributed by atoms with E-state index in [-0.39, 0.29) is 17.4 Å². The summed E-state index contributed by atoms with van der Waals surface area (Å²) >= 11 is 0. The molecule has 6 N–H and O–H groups in total. The lowest BCUT2D eigenvalue weighted by Crippen LogP contribution is -2.72. The topological polar surface area (TPSA) is 187 Å². The predicted octanol–water partition coefficient (Wildman–Crippen LogP) is 0.935. The van der Waals surface area contributed by atoms with E-state index < -0.39 is 76.8 Å². The van der Waals surface area contributed by atoms with Crippen LogP contribution in [0.5, 0.6) is 5.75 Å². The Bertz CT molecular complexity index is 1520. The maximum atomic E-state index is 13.9. The first-order chi connectivity index (χ1) is 20.4. The second-order valence-corrected chi connectivity index (χ2v) is 12.4. The van der Waals surface area contributed by atoms with Crippen LogP contribution in [0, 0.1) is 23.7 Å². The van der Waals surface area contributed by atoms with E-state index in [1.165, 1.54) is 5.56 Å². The number of phenols is 1. The molecule has 1 saturated heterocycles. The highest BCUT2D eigenvalue weighted by Gasteiger charge is 2.69. The van der Waals surface area contributed by atoms with Gasteiger partial charge >= 0.3 is 0 Å². The lowest BCUT2D eigenvalue weighted by molar-refractivity contribution is -0.189. The number of fused-ring (bicyclic) bond motifs is 3. The zero-order valence-electron chi connectivity index (χ0n) is 23.7. The molecule has 6 rings (SSSR count). The lowest BCUT2D eigenvalue weighted by Gasteiger charge is -2.52. The number of phenolic OH excluding ortho intramolecular Hbond substituents is 1. The quantitative estimate of drug-likeness (QED) is 0.248. The third-order valence-electron chi connectivity index (χ3n) is 10.1. The molecule has 43 heavy (non-hydrogen) atoms. The molecule has 3 aliphatic carbocycles. The van der Waals surface area contributed by atoms with Crippen molar-refractivity contribution in [2.45, 2.75) is 56.4 Å². The highest BCUT2D eigenvalue weighted by atomic mass is 16.3. The average Bonchev–Trinajstić information content (AvgIpc) is 2.97. The molecule has 226 valence electrons. The Hall–Kier alpha value is -3.93. The molecule has 11 nitrogen and oxygen atoms in total. The van der Waals surface area contributed by atoms with E-state index in [9.17, 15) is 39.3 Å². The van der Waals surface area contributed by atoms with Gasteiger partial charge in [0.2, 0.25) is 5.91 Å². The molecule has 0 radical (unpaired) electrons. The van der Waals surface area contributed by atoms with E-state index in [0.717, 1.165) is 32.5 Å². The van der Waals surface area contributed by atoms with Crippen molar-refractivity contribution in [1.29, 1.82) is 0 Å². The molecule has 1 heterocycles. The van der Waals surface area contributed by atoms with Gasteiger partial charge in [-0.1, -0.05) is 43.3 Å². The number of primary amides is 1. The molecule has 2 unspecified atom stereocenters. The third kappa shape index (κ3) is 4.49. The summed E-state index contributed by atoms with van der Waals surface area (Å²) in [5, 5.41) is 37.5. The summed E-state index contributed by atoms with van der Waals surface area (Å²) in [5.74, 6) is -12.8. The van der Waals surface area contributed by atoms with Crippen molar-refractivity contribution in [3.05, 3.63) is 59.2 Å². The molecule has 0 bridgehead atoms. The number of carbonyl (C=O) groups excluding carboxylic acids is 5. The van der Waals surface area contributed by atoms with Crippen molar-refractivity contribution in [3.63, 3.8) is 0 Å². The standard InChI is InChI=1S/C32H35N3O8/c1-15-18-7-8-20(34-17-9-11-35(12-10-17)14-16-5-3-2-4-6-16)27(38)23(18)28(39)25-22(15)26(37)19-13-21(36)24(31(33)42)29(40)32(19,43)30(25)41/h2-8,15,17,19,22,24-26,34,37-38,43H,9-14H2,1H3,(H2,33,42)/t15-,19+,22+,24?,25?,26+,32+/m0/s1. The number of benzene rings is 2. The summed E-state index contributed by atoms with van der Waals surface area (Å²) in [7, 11) is 0. The van der Waals surface area contributed by atoms with Crippen LogP contribution in [0.4, 0.5) is 5.69 Å². The number of hydrogen-bond donors (Lipinski definition) is 5. The van der Waals surface area contributed by atoms with Crippen LogP contribution >= 0.6 is 0 Å². The molecule has 0 aromatic heterocycles. The molecule has 0 spiro atoms. The average molecular weight is 590 g/mol. The lowest BCUT2D eigenvalue weighted by atomic mass is 9.50. The normalized spacial score (nSPS) is 33.0. The SMILES string of the molecule is C[C@H]1c2ccc(NC3CCN(Cc4ccccc4)CC3)c(O)c2C(=O)C2C(=O)[C@]3(O)C(=O)C(C(N)=O)C(=O)C[C@@H]3[C@@H](O)[C@@H]21. The third-order valence-corrected chi connectivity index (χ3v) is 10.1. The van der Waals surface area contributed by atoms with E-state index in [0.29, 0.717) is 11.3 Å². The van der Waals surface area contributed by atoms with Gasteiger partial charge in [-0.25, -0.2) is 0 Å². The molecule has 2 aromatic rings. The molecule has 4 aliphatic rings. The number of rotatable bonds is 5. The Morgan fingerprint density at radius 3 is 2.37 bits per heavy atom. The highest BCUT2D eigenvalue weighted by molar-refractivity contribution is 6.31. The number of anilines is 1. The number of aromatic hydroxyl groups is 1. The molecular formula is C32H35N3O8. The van der Waals surface area contributed by atoms with Gasteiger partial charge in [0.25, 0.3) is 0 Å². The van der Waals surface area contributed by atoms with Gasteiger partial charge in [-0.3, -0.25) is 28.9 Å². The molecule has 2 aromatic carbocycles. The number of carbonyl (C=O) groups is 5. The summed E-state index contributed by atoms with van der Waals surface area (Å²) in [5.41, 5.74) is 4.18. The number of aliphatic hydroxyl groups is 2. The van der Waals surface area contributed by atoms with Gasteiger partial charge in [-0.05, 0) is 36.0 Å². The minimum absolute atomic E-state index is 0.0302. The fourth-order valence-corrected chi connectivity index (χ4v) is 7.77. The van der Waals surface area contributed by atoms with E-state index in [1.807, 2.05) is 18.2 Å². The van der Waals surface area contributed by atoms with Crippen LogP contribution in [0.25, 0.3) is 0 Å². The zero-order chi connectivity index (χ0) is 30.8. The number of likely N-dealkylation sites (tertiary alicyclic amines) is 1. The number of hydrogen-bond acceptors (Lipinski definition) is 10. The Kier molecular flexibility index (Phi) is 7.22. The Morgan fingerprint density at radius 2 is 1.72 bits per heavy atom. The van der Waals surface area contributed by atoms with Crippen molar-refractivity contribution >= 4 is 34.7 Å². The minimum Gasteiger partial charge on any atom is -0.505 e. The first kappa shape index (κ1) is 29.2. The molecule has 1 aliphatic heterocycles. The predicted molar refractivity (Wildman–Crippen MR) is 153 cm³/mol. The summed E-state index contributed by atoms with van der Waals surface area (Å²) in [4.78, 5) is 67.7. The fourth-order valence-electron chi connectivity index (χ4n) is 7.77. The van der Waals surface area contributed by atoms with E-state index in [4.69, 9.17) is 5.73 Å². The zero-order valence-corrected chi connectivity index (χ0v) is 23.7. The number of ketones is 4. The van der Waals surface area contributed by atoms with Gasteiger partial charge in [-0.15, -0.1) is 0 Å². The van der Waals surface area contributed by atoms with E-state index in [1.54, 1.807) is 19.1 Å². The summed E-state index contributed by atoms with van der Waals surface area (Å²) < 4.78 is 0. The molecule has 7 atom stereocenters. The monoisotopic (exact) mass is 589 g/mol. The van der Waals surface area contributed by atoms with Crippen molar-refractivity contribution in [2.24, 2.45) is 29.4 Å². The molecule has 11 heteroatoms. The van der Waals surface area contributed by atoms with E-state index >= 15 is 0 Å².